The van der Waals surface area contributed by atoms with E-state index in [1.807, 2.05) is 30.3 Å². The Labute approximate surface area is 107 Å². The molecule has 1 atom stereocenters. The monoisotopic (exact) mass is 244 g/mol. The highest BCUT2D eigenvalue weighted by molar-refractivity contribution is 5.24. The summed E-state index contributed by atoms with van der Waals surface area (Å²) in [5.74, 6) is -0.351. The minimum atomic E-state index is -1.14. The first-order valence-corrected chi connectivity index (χ1v) is 6.11. The minimum absolute atomic E-state index is 0.351. The van der Waals surface area contributed by atoms with Crippen LogP contribution in [0.1, 0.15) is 24.5 Å². The predicted octanol–water partition coefficient (Wildman–Crippen LogP) is 3.67. The topological polar surface area (TPSA) is 20.2 Å². The second-order valence-corrected chi connectivity index (χ2v) is 4.74. The Morgan fingerprint density at radius 2 is 1.61 bits per heavy atom. The van der Waals surface area contributed by atoms with E-state index in [0.29, 0.717) is 12.0 Å². The highest BCUT2D eigenvalue weighted by Crippen LogP contribution is 2.28. The summed E-state index contributed by atoms with van der Waals surface area (Å²) in [5, 5.41) is 10.4. The molecule has 18 heavy (non-hydrogen) atoms. The van der Waals surface area contributed by atoms with Crippen molar-refractivity contribution in [3.05, 3.63) is 71.5 Å². The van der Waals surface area contributed by atoms with Gasteiger partial charge in [-0.2, -0.15) is 0 Å². The third-order valence-corrected chi connectivity index (χ3v) is 3.20. The average molecular weight is 244 g/mol. The zero-order valence-corrected chi connectivity index (χ0v) is 10.4. The van der Waals surface area contributed by atoms with E-state index in [1.54, 1.807) is 25.1 Å². The Morgan fingerprint density at radius 3 is 2.28 bits per heavy atom. The molecule has 2 aromatic rings. The van der Waals surface area contributed by atoms with Gasteiger partial charge in [0.25, 0.3) is 0 Å². The average Bonchev–Trinajstić information content (AvgIpc) is 2.38. The first-order valence-electron chi connectivity index (χ1n) is 6.11. The Kier molecular flexibility index (Phi) is 3.78. The molecule has 0 saturated heterocycles. The maximum Gasteiger partial charge on any atom is 0.129 e. The lowest BCUT2D eigenvalue weighted by atomic mass is 9.89. The third kappa shape index (κ3) is 2.96. The fourth-order valence-corrected chi connectivity index (χ4v) is 2.07. The van der Waals surface area contributed by atoms with Gasteiger partial charge in [-0.15, -0.1) is 0 Å². The van der Waals surface area contributed by atoms with Crippen molar-refractivity contribution >= 4 is 0 Å². The van der Waals surface area contributed by atoms with E-state index in [0.717, 1.165) is 12.0 Å². The Hall–Kier alpha value is -1.67. The maximum absolute atomic E-state index is 13.7. The van der Waals surface area contributed by atoms with Gasteiger partial charge in [-0.05, 0) is 31.4 Å². The Balaban J connectivity index is 2.11. The highest BCUT2D eigenvalue weighted by Gasteiger charge is 2.25. The van der Waals surface area contributed by atoms with Gasteiger partial charge in [-0.25, -0.2) is 4.39 Å². The van der Waals surface area contributed by atoms with E-state index in [4.69, 9.17) is 0 Å². The van der Waals surface area contributed by atoms with Gasteiger partial charge < -0.3 is 5.11 Å². The van der Waals surface area contributed by atoms with E-state index >= 15 is 0 Å². The summed E-state index contributed by atoms with van der Waals surface area (Å²) in [4.78, 5) is 0. The molecule has 1 nitrogen and oxygen atoms in total. The summed E-state index contributed by atoms with van der Waals surface area (Å²) in [6.07, 6.45) is 1.22. The lowest BCUT2D eigenvalue weighted by Crippen LogP contribution is -2.23. The molecule has 0 amide bonds. The fourth-order valence-electron chi connectivity index (χ4n) is 2.07. The summed E-state index contributed by atoms with van der Waals surface area (Å²) in [7, 11) is 0. The molecule has 0 saturated carbocycles. The van der Waals surface area contributed by atoms with Crippen LogP contribution in [0.5, 0.6) is 0 Å². The van der Waals surface area contributed by atoms with E-state index < -0.39 is 5.60 Å². The van der Waals surface area contributed by atoms with Crippen LogP contribution in [0, 0.1) is 5.82 Å². The van der Waals surface area contributed by atoms with Crippen LogP contribution >= 0.6 is 0 Å². The first kappa shape index (κ1) is 12.8. The highest BCUT2D eigenvalue weighted by atomic mass is 19.1. The molecular formula is C16H17FO. The number of benzene rings is 2. The van der Waals surface area contributed by atoms with Crippen LogP contribution in [0.2, 0.25) is 0 Å². The molecule has 0 aliphatic heterocycles. The molecule has 2 heteroatoms. The molecule has 94 valence electrons. The SMILES string of the molecule is CC(O)(CCc1ccccc1)c1ccccc1F. The van der Waals surface area contributed by atoms with Crippen molar-refractivity contribution in [3.8, 4) is 0 Å². The molecule has 0 spiro atoms. The second-order valence-electron chi connectivity index (χ2n) is 4.74. The van der Waals surface area contributed by atoms with E-state index in [-0.39, 0.29) is 5.82 Å². The number of rotatable bonds is 4. The van der Waals surface area contributed by atoms with Crippen LogP contribution < -0.4 is 0 Å². The van der Waals surface area contributed by atoms with Crippen molar-refractivity contribution in [2.45, 2.75) is 25.4 Å². The smallest absolute Gasteiger partial charge is 0.129 e. The van der Waals surface area contributed by atoms with Crippen molar-refractivity contribution in [2.75, 3.05) is 0 Å². The molecule has 1 N–H and O–H groups in total. The summed E-state index contributed by atoms with van der Waals surface area (Å²) >= 11 is 0. The summed E-state index contributed by atoms with van der Waals surface area (Å²) in [6.45, 7) is 1.66. The van der Waals surface area contributed by atoms with Crippen LogP contribution in [0.25, 0.3) is 0 Å². The lowest BCUT2D eigenvalue weighted by Gasteiger charge is -2.24. The van der Waals surface area contributed by atoms with Crippen LogP contribution in [-0.4, -0.2) is 5.11 Å². The molecule has 0 aliphatic carbocycles. The van der Waals surface area contributed by atoms with Gasteiger partial charge in [0.2, 0.25) is 0 Å². The molecule has 0 heterocycles. The maximum atomic E-state index is 13.7. The van der Waals surface area contributed by atoms with Crippen molar-refractivity contribution in [1.82, 2.24) is 0 Å². The third-order valence-electron chi connectivity index (χ3n) is 3.20. The number of hydrogen-bond donors (Lipinski definition) is 1. The van der Waals surface area contributed by atoms with Gasteiger partial charge in [0.1, 0.15) is 5.82 Å². The van der Waals surface area contributed by atoms with Crippen LogP contribution in [0.4, 0.5) is 4.39 Å². The fraction of sp³-hybridized carbons (Fsp3) is 0.250. The molecule has 2 rings (SSSR count). The molecule has 0 bridgehead atoms. The quantitative estimate of drug-likeness (QED) is 0.870. The Morgan fingerprint density at radius 1 is 1.00 bits per heavy atom. The van der Waals surface area contributed by atoms with Crippen LogP contribution in [0.15, 0.2) is 54.6 Å². The van der Waals surface area contributed by atoms with Gasteiger partial charge in [0, 0.05) is 5.56 Å². The lowest BCUT2D eigenvalue weighted by molar-refractivity contribution is 0.0444. The zero-order chi connectivity index (χ0) is 13.0. The Bertz CT molecular complexity index is 506. The second kappa shape index (κ2) is 5.32. The first-order chi connectivity index (χ1) is 8.59. The van der Waals surface area contributed by atoms with E-state index in [9.17, 15) is 9.50 Å². The van der Waals surface area contributed by atoms with Crippen molar-refractivity contribution in [2.24, 2.45) is 0 Å². The summed E-state index contributed by atoms with van der Waals surface area (Å²) in [5.41, 5.74) is 0.372. The number of aryl methyl sites for hydroxylation is 1. The predicted molar refractivity (Wildman–Crippen MR) is 70.7 cm³/mol. The summed E-state index contributed by atoms with van der Waals surface area (Å²) in [6, 6.07) is 16.3. The zero-order valence-electron chi connectivity index (χ0n) is 10.4. The van der Waals surface area contributed by atoms with Crippen LogP contribution in [0.3, 0.4) is 0 Å². The van der Waals surface area contributed by atoms with Gasteiger partial charge in [-0.1, -0.05) is 48.5 Å². The van der Waals surface area contributed by atoms with Gasteiger partial charge in [-0.3, -0.25) is 0 Å². The number of hydrogen-bond acceptors (Lipinski definition) is 1. The van der Waals surface area contributed by atoms with Gasteiger partial charge in [0.15, 0.2) is 0 Å². The van der Waals surface area contributed by atoms with Gasteiger partial charge >= 0.3 is 0 Å². The number of aliphatic hydroxyl groups is 1. The molecule has 2 aromatic carbocycles. The van der Waals surface area contributed by atoms with Gasteiger partial charge in [0.05, 0.1) is 5.60 Å². The molecule has 1 unspecified atom stereocenters. The molecule has 0 aromatic heterocycles. The molecular weight excluding hydrogens is 227 g/mol. The largest absolute Gasteiger partial charge is 0.385 e. The molecule has 0 radical (unpaired) electrons. The minimum Gasteiger partial charge on any atom is -0.385 e. The number of halogens is 1. The van der Waals surface area contributed by atoms with Crippen molar-refractivity contribution in [1.29, 1.82) is 0 Å². The van der Waals surface area contributed by atoms with Crippen molar-refractivity contribution < 1.29 is 9.50 Å². The van der Waals surface area contributed by atoms with E-state index in [2.05, 4.69) is 0 Å². The molecule has 0 aliphatic rings. The molecule has 0 fully saturated rings. The van der Waals surface area contributed by atoms with E-state index in [1.165, 1.54) is 6.07 Å². The van der Waals surface area contributed by atoms with Crippen molar-refractivity contribution in [3.63, 3.8) is 0 Å². The standard InChI is InChI=1S/C16H17FO/c1-16(18,14-9-5-6-10-15(14)17)12-11-13-7-3-2-4-8-13/h2-10,18H,11-12H2,1H3. The summed E-state index contributed by atoms with van der Waals surface area (Å²) < 4.78 is 13.7. The normalized spacial score (nSPS) is 14.2. The van der Waals surface area contributed by atoms with Crippen LogP contribution in [-0.2, 0) is 12.0 Å².